The lowest BCUT2D eigenvalue weighted by Crippen LogP contribution is -2.51. The molecule has 10 nitrogen and oxygen atoms in total. The molecule has 2 N–H and O–H groups in total. The van der Waals surface area contributed by atoms with Crippen LogP contribution in [0.3, 0.4) is 0 Å². The number of amides is 6. The Kier molecular flexibility index (Phi) is 10.0. The number of hydrogen-bond donors (Lipinski definition) is 2. The molecule has 4 aromatic carbocycles. The van der Waals surface area contributed by atoms with Gasteiger partial charge in [-0.15, -0.1) is 0 Å². The molecule has 0 saturated carbocycles. The van der Waals surface area contributed by atoms with Gasteiger partial charge >= 0.3 is 0 Å². The molecule has 6 amide bonds. The van der Waals surface area contributed by atoms with E-state index in [0.717, 1.165) is 20.9 Å². The van der Waals surface area contributed by atoms with Gasteiger partial charge in [-0.05, 0) is 54.7 Å². The largest absolute Gasteiger partial charge is 0.354 e. The van der Waals surface area contributed by atoms with Crippen LogP contribution in [0.1, 0.15) is 71.8 Å². The lowest BCUT2D eigenvalue weighted by atomic mass is 10.0. The van der Waals surface area contributed by atoms with Crippen LogP contribution in [0, 0.1) is 0 Å². The number of carbonyl (C=O) groups is 6. The van der Waals surface area contributed by atoms with Crippen molar-refractivity contribution in [3.8, 4) is 0 Å². The van der Waals surface area contributed by atoms with Crippen molar-refractivity contribution in [2.45, 2.75) is 44.2 Å². The van der Waals surface area contributed by atoms with Gasteiger partial charge in [-0.2, -0.15) is 0 Å². The fourth-order valence-corrected chi connectivity index (χ4v) is 6.34. The van der Waals surface area contributed by atoms with Crippen LogP contribution in [0.2, 0.25) is 0 Å². The molecule has 49 heavy (non-hydrogen) atoms. The summed E-state index contributed by atoms with van der Waals surface area (Å²) < 4.78 is 0. The number of rotatable bonds is 14. The van der Waals surface area contributed by atoms with Gasteiger partial charge in [0, 0.05) is 25.9 Å². The predicted octanol–water partition coefficient (Wildman–Crippen LogP) is 4.20. The molecule has 6 rings (SSSR count). The van der Waals surface area contributed by atoms with Gasteiger partial charge in [0.05, 0.1) is 22.3 Å². The average Bonchev–Trinajstić information content (AvgIpc) is 3.53. The van der Waals surface area contributed by atoms with E-state index in [2.05, 4.69) is 10.6 Å². The first kappa shape index (κ1) is 33.0. The van der Waals surface area contributed by atoms with Gasteiger partial charge in [0.2, 0.25) is 11.8 Å². The number of hydrogen-bond acceptors (Lipinski definition) is 6. The second-order valence-corrected chi connectivity index (χ2v) is 12.1. The molecule has 0 spiro atoms. The van der Waals surface area contributed by atoms with Crippen molar-refractivity contribution in [1.82, 2.24) is 20.4 Å². The van der Waals surface area contributed by atoms with Crippen LogP contribution >= 0.6 is 0 Å². The fraction of sp³-hybridized carbons (Fsp3) is 0.231. The minimum atomic E-state index is -1.02. The zero-order valence-electron chi connectivity index (χ0n) is 26.8. The Hall–Kier alpha value is -5.90. The van der Waals surface area contributed by atoms with Crippen molar-refractivity contribution >= 4 is 35.4 Å². The summed E-state index contributed by atoms with van der Waals surface area (Å²) in [7, 11) is 0. The van der Waals surface area contributed by atoms with Crippen LogP contribution in [-0.2, 0) is 22.4 Å². The van der Waals surface area contributed by atoms with E-state index in [1.54, 1.807) is 48.5 Å². The van der Waals surface area contributed by atoms with Crippen molar-refractivity contribution in [3.63, 3.8) is 0 Å². The van der Waals surface area contributed by atoms with Crippen LogP contribution in [0.5, 0.6) is 0 Å². The van der Waals surface area contributed by atoms with E-state index in [1.165, 1.54) is 0 Å². The van der Waals surface area contributed by atoms with Crippen LogP contribution < -0.4 is 10.6 Å². The number of benzene rings is 4. The third-order valence-electron chi connectivity index (χ3n) is 8.88. The highest BCUT2D eigenvalue weighted by atomic mass is 16.2. The molecule has 2 aliphatic rings. The molecule has 0 aromatic heterocycles. The van der Waals surface area contributed by atoms with E-state index < -0.39 is 47.5 Å². The lowest BCUT2D eigenvalue weighted by molar-refractivity contribution is -0.125. The molecule has 0 aliphatic carbocycles. The minimum Gasteiger partial charge on any atom is -0.354 e. The number of imide groups is 2. The summed E-state index contributed by atoms with van der Waals surface area (Å²) >= 11 is 0. The van der Waals surface area contributed by atoms with Crippen molar-refractivity contribution < 1.29 is 28.8 Å². The topological polar surface area (TPSA) is 133 Å². The van der Waals surface area contributed by atoms with Gasteiger partial charge < -0.3 is 10.6 Å². The maximum atomic E-state index is 13.5. The monoisotopic (exact) mass is 656 g/mol. The number of nitrogens with zero attached hydrogens (tertiary/aromatic N) is 2. The van der Waals surface area contributed by atoms with E-state index in [1.807, 2.05) is 60.7 Å². The van der Waals surface area contributed by atoms with Crippen molar-refractivity contribution in [2.24, 2.45) is 0 Å². The summed E-state index contributed by atoms with van der Waals surface area (Å²) in [5.74, 6) is -2.79. The Morgan fingerprint density at radius 2 is 0.755 bits per heavy atom. The van der Waals surface area contributed by atoms with E-state index in [-0.39, 0.29) is 35.1 Å². The molecule has 2 aliphatic heterocycles. The number of fused-ring (bicyclic) bond motifs is 2. The normalized spacial score (nSPS) is 14.8. The van der Waals surface area contributed by atoms with Gasteiger partial charge in [-0.1, -0.05) is 84.9 Å². The Bertz CT molecular complexity index is 1690. The van der Waals surface area contributed by atoms with Gasteiger partial charge in [-0.25, -0.2) is 0 Å². The number of carbonyl (C=O) groups excluding carboxylic acids is 6. The molecule has 2 heterocycles. The third-order valence-corrected chi connectivity index (χ3v) is 8.88. The Labute approximate surface area is 284 Å². The zero-order valence-corrected chi connectivity index (χ0v) is 26.8. The lowest BCUT2D eigenvalue weighted by Gasteiger charge is -2.26. The number of nitrogens with one attached hydrogen (secondary N) is 2. The Morgan fingerprint density at radius 1 is 0.449 bits per heavy atom. The molecule has 0 bridgehead atoms. The van der Waals surface area contributed by atoms with Crippen molar-refractivity contribution in [2.75, 3.05) is 13.1 Å². The molecule has 248 valence electrons. The quantitative estimate of drug-likeness (QED) is 0.154. The maximum Gasteiger partial charge on any atom is 0.262 e. The highest BCUT2D eigenvalue weighted by Crippen LogP contribution is 2.27. The predicted molar refractivity (Wildman–Crippen MR) is 182 cm³/mol. The standard InChI is InChI=1S/C39H36N4O6/c44-34(32(24-26-14-4-1-5-15-26)42-36(46)28-18-8-9-19-29(28)37(42)47)40-22-12-3-13-23-41-35(45)33(25-27-16-6-2-7-17-27)43-38(48)30-20-10-11-21-31(30)39(43)49/h1-2,4-11,14-21,32-33H,3,12-13,22-25H2,(H,40,44)(H,41,45)/t32-,33-/m0/s1. The van der Waals surface area contributed by atoms with E-state index in [9.17, 15) is 28.8 Å². The molecule has 0 radical (unpaired) electrons. The minimum absolute atomic E-state index is 0.182. The van der Waals surface area contributed by atoms with Gasteiger partial charge in [0.25, 0.3) is 23.6 Å². The van der Waals surface area contributed by atoms with Gasteiger partial charge in [0.15, 0.2) is 0 Å². The Morgan fingerprint density at radius 3 is 1.08 bits per heavy atom. The molecule has 0 saturated heterocycles. The smallest absolute Gasteiger partial charge is 0.262 e. The van der Waals surface area contributed by atoms with E-state index >= 15 is 0 Å². The van der Waals surface area contributed by atoms with E-state index in [4.69, 9.17) is 0 Å². The summed E-state index contributed by atoms with van der Waals surface area (Å²) in [5, 5.41) is 5.79. The highest BCUT2D eigenvalue weighted by Gasteiger charge is 2.43. The summed E-state index contributed by atoms with van der Waals surface area (Å²) in [6.45, 7) is 0.625. The van der Waals surface area contributed by atoms with Crippen LogP contribution in [-0.4, -0.2) is 70.4 Å². The maximum absolute atomic E-state index is 13.5. The van der Waals surface area contributed by atoms with Gasteiger partial charge in [-0.3, -0.25) is 38.6 Å². The summed E-state index contributed by atoms with van der Waals surface area (Å²) in [6, 6.07) is 29.6. The second kappa shape index (κ2) is 14.9. The first-order valence-corrected chi connectivity index (χ1v) is 16.4. The second-order valence-electron chi connectivity index (χ2n) is 12.1. The SMILES string of the molecule is O=C(NCCCCCNC(=O)[C@H](Cc1ccccc1)N1C(=O)c2ccccc2C1=O)[C@H](Cc1ccccc1)N1C(=O)c2ccccc2C1=O. The Balaban J connectivity index is 1.02. The molecule has 4 aromatic rings. The highest BCUT2D eigenvalue weighted by molar-refractivity contribution is 6.23. The molecule has 0 unspecified atom stereocenters. The summed E-state index contributed by atoms with van der Waals surface area (Å²) in [4.78, 5) is 81.9. The molecule has 0 fully saturated rings. The first-order valence-electron chi connectivity index (χ1n) is 16.4. The van der Waals surface area contributed by atoms with Crippen LogP contribution in [0.15, 0.2) is 109 Å². The van der Waals surface area contributed by atoms with Gasteiger partial charge in [0.1, 0.15) is 12.1 Å². The van der Waals surface area contributed by atoms with Crippen molar-refractivity contribution in [3.05, 3.63) is 143 Å². The average molecular weight is 657 g/mol. The van der Waals surface area contributed by atoms with Crippen molar-refractivity contribution in [1.29, 1.82) is 0 Å². The first-order chi connectivity index (χ1) is 23.8. The molecular weight excluding hydrogens is 620 g/mol. The fourth-order valence-electron chi connectivity index (χ4n) is 6.34. The molecule has 2 atom stereocenters. The molecule has 10 heteroatoms. The summed E-state index contributed by atoms with van der Waals surface area (Å²) in [5.41, 5.74) is 2.79. The molecular formula is C39H36N4O6. The van der Waals surface area contributed by atoms with E-state index in [0.29, 0.717) is 32.4 Å². The summed E-state index contributed by atoms with van der Waals surface area (Å²) in [6.07, 6.45) is 2.21. The zero-order chi connectivity index (χ0) is 34.3. The van der Waals surface area contributed by atoms with Crippen LogP contribution in [0.25, 0.3) is 0 Å². The van der Waals surface area contributed by atoms with Crippen LogP contribution in [0.4, 0.5) is 0 Å². The third kappa shape index (κ3) is 7.03. The number of unbranched alkanes of at least 4 members (excludes halogenated alkanes) is 2.